The summed E-state index contributed by atoms with van der Waals surface area (Å²) in [6.07, 6.45) is 6.52. The summed E-state index contributed by atoms with van der Waals surface area (Å²) in [4.78, 5) is 13.7. The van der Waals surface area contributed by atoms with Crippen molar-refractivity contribution in [3.05, 3.63) is 95.9 Å². The van der Waals surface area contributed by atoms with Crippen molar-refractivity contribution in [1.82, 2.24) is 20.3 Å². The predicted octanol–water partition coefficient (Wildman–Crippen LogP) is 4.64. The van der Waals surface area contributed by atoms with E-state index in [1.54, 1.807) is 12.4 Å². The molecular weight excluding hydrogens is 382 g/mol. The fourth-order valence-electron chi connectivity index (χ4n) is 4.10. The van der Waals surface area contributed by atoms with E-state index >= 15 is 0 Å². The molecule has 154 valence electrons. The molecule has 5 nitrogen and oxygen atoms in total. The lowest BCUT2D eigenvalue weighted by molar-refractivity contribution is 0.496. The van der Waals surface area contributed by atoms with Crippen LogP contribution >= 0.6 is 0 Å². The van der Waals surface area contributed by atoms with Crippen molar-refractivity contribution in [3.63, 3.8) is 0 Å². The first kappa shape index (κ1) is 19.4. The molecule has 1 aliphatic rings. The predicted molar refractivity (Wildman–Crippen MR) is 125 cm³/mol. The topological polar surface area (TPSA) is 62.7 Å². The number of fused-ring (bicyclic) bond motifs is 1. The van der Waals surface area contributed by atoms with Gasteiger partial charge in [-0.1, -0.05) is 54.1 Å². The van der Waals surface area contributed by atoms with E-state index < -0.39 is 0 Å². The molecule has 1 aliphatic heterocycles. The lowest BCUT2D eigenvalue weighted by Gasteiger charge is -2.26. The summed E-state index contributed by atoms with van der Waals surface area (Å²) < 4.78 is 0. The first-order chi connectivity index (χ1) is 15.3. The Morgan fingerprint density at radius 1 is 0.968 bits per heavy atom. The number of nitrogens with one attached hydrogen (secondary N) is 2. The summed E-state index contributed by atoms with van der Waals surface area (Å²) in [5, 5.41) is 7.05. The van der Waals surface area contributed by atoms with Gasteiger partial charge in [-0.3, -0.25) is 4.98 Å². The summed E-state index contributed by atoms with van der Waals surface area (Å²) in [5.74, 6) is 0.642. The number of pyridine rings is 1. The highest BCUT2D eigenvalue weighted by Gasteiger charge is 2.18. The quantitative estimate of drug-likeness (QED) is 0.505. The molecule has 0 saturated carbocycles. The van der Waals surface area contributed by atoms with Gasteiger partial charge in [-0.05, 0) is 42.2 Å². The molecule has 0 radical (unpaired) electrons. The van der Waals surface area contributed by atoms with E-state index in [9.17, 15) is 0 Å². The SMILES string of the molecule is Cc1cccc(-c2cnc(NCC3Cc4ccccc4CN3)nc2-c2ccncc2)c1. The van der Waals surface area contributed by atoms with Crippen LogP contribution in [-0.2, 0) is 13.0 Å². The monoisotopic (exact) mass is 407 g/mol. The Morgan fingerprint density at radius 3 is 2.65 bits per heavy atom. The Bertz CT molecular complexity index is 1190. The molecule has 3 heterocycles. The maximum absolute atomic E-state index is 4.90. The maximum atomic E-state index is 4.90. The van der Waals surface area contributed by atoms with E-state index in [1.807, 2.05) is 18.3 Å². The number of aryl methyl sites for hydroxylation is 1. The fourth-order valence-corrected chi connectivity index (χ4v) is 4.10. The number of hydrogen-bond acceptors (Lipinski definition) is 5. The molecule has 2 aromatic heterocycles. The van der Waals surface area contributed by atoms with Gasteiger partial charge in [0.1, 0.15) is 0 Å². The third kappa shape index (κ3) is 4.32. The number of hydrogen-bond donors (Lipinski definition) is 2. The summed E-state index contributed by atoms with van der Waals surface area (Å²) >= 11 is 0. The van der Waals surface area contributed by atoms with Crippen LogP contribution < -0.4 is 10.6 Å². The fraction of sp³-hybridized carbons (Fsp3) is 0.192. The average Bonchev–Trinajstić information content (AvgIpc) is 2.83. The second kappa shape index (κ2) is 8.66. The molecule has 2 aromatic carbocycles. The minimum Gasteiger partial charge on any atom is -0.353 e. The van der Waals surface area contributed by atoms with E-state index in [1.165, 1.54) is 16.7 Å². The second-order valence-corrected chi connectivity index (χ2v) is 7.99. The van der Waals surface area contributed by atoms with Crippen LogP contribution in [0.2, 0.25) is 0 Å². The van der Waals surface area contributed by atoms with Gasteiger partial charge in [-0.25, -0.2) is 9.97 Å². The minimum atomic E-state index is 0.347. The van der Waals surface area contributed by atoms with Gasteiger partial charge >= 0.3 is 0 Å². The number of anilines is 1. The molecule has 0 saturated heterocycles. The van der Waals surface area contributed by atoms with Gasteiger partial charge in [0.15, 0.2) is 0 Å². The zero-order valence-electron chi connectivity index (χ0n) is 17.5. The van der Waals surface area contributed by atoms with Crippen molar-refractivity contribution in [1.29, 1.82) is 0 Å². The number of nitrogens with zero attached hydrogens (tertiary/aromatic N) is 3. The highest BCUT2D eigenvalue weighted by atomic mass is 15.1. The van der Waals surface area contributed by atoms with Crippen LogP contribution in [-0.4, -0.2) is 27.5 Å². The van der Waals surface area contributed by atoms with Gasteiger partial charge < -0.3 is 10.6 Å². The van der Waals surface area contributed by atoms with E-state index in [-0.39, 0.29) is 0 Å². The van der Waals surface area contributed by atoms with Gasteiger partial charge in [0, 0.05) is 48.8 Å². The molecule has 1 atom stereocenters. The standard InChI is InChI=1S/C26H25N5/c1-18-5-4-8-21(13-18)24-17-30-26(31-25(24)19-9-11-27-12-10-19)29-16-23-14-20-6-2-3-7-22(20)15-28-23/h2-13,17,23,28H,14-16H2,1H3,(H,29,30,31). The second-order valence-electron chi connectivity index (χ2n) is 7.99. The molecule has 4 aromatic rings. The van der Waals surface area contributed by atoms with Gasteiger partial charge in [0.05, 0.1) is 5.69 Å². The van der Waals surface area contributed by atoms with E-state index in [2.05, 4.69) is 76.1 Å². The van der Waals surface area contributed by atoms with Gasteiger partial charge in [-0.2, -0.15) is 0 Å². The third-order valence-corrected chi connectivity index (χ3v) is 5.74. The van der Waals surface area contributed by atoms with Crippen molar-refractivity contribution < 1.29 is 0 Å². The van der Waals surface area contributed by atoms with Crippen LogP contribution in [0.15, 0.2) is 79.3 Å². The number of rotatable bonds is 5. The molecule has 0 spiro atoms. The number of benzene rings is 2. The van der Waals surface area contributed by atoms with Crippen LogP contribution in [0.5, 0.6) is 0 Å². The van der Waals surface area contributed by atoms with Gasteiger partial charge in [0.2, 0.25) is 5.95 Å². The summed E-state index contributed by atoms with van der Waals surface area (Å²) in [6.45, 7) is 3.77. The number of aromatic nitrogens is 3. The zero-order chi connectivity index (χ0) is 21.0. The third-order valence-electron chi connectivity index (χ3n) is 5.74. The Hall–Kier alpha value is -3.57. The molecular formula is C26H25N5. The van der Waals surface area contributed by atoms with Crippen LogP contribution in [0.3, 0.4) is 0 Å². The maximum Gasteiger partial charge on any atom is 0.223 e. The lowest BCUT2D eigenvalue weighted by Crippen LogP contribution is -2.40. The smallest absolute Gasteiger partial charge is 0.223 e. The molecule has 1 unspecified atom stereocenters. The molecule has 2 N–H and O–H groups in total. The van der Waals surface area contributed by atoms with E-state index in [0.29, 0.717) is 12.0 Å². The first-order valence-electron chi connectivity index (χ1n) is 10.6. The van der Waals surface area contributed by atoms with Crippen molar-refractivity contribution in [3.8, 4) is 22.4 Å². The summed E-state index contributed by atoms with van der Waals surface area (Å²) in [7, 11) is 0. The highest BCUT2D eigenvalue weighted by Crippen LogP contribution is 2.31. The normalized spacial score (nSPS) is 15.3. The molecule has 0 fully saturated rings. The molecule has 31 heavy (non-hydrogen) atoms. The van der Waals surface area contributed by atoms with Crippen LogP contribution in [0.25, 0.3) is 22.4 Å². The van der Waals surface area contributed by atoms with Crippen molar-refractivity contribution in [2.45, 2.75) is 25.9 Å². The van der Waals surface area contributed by atoms with Crippen molar-refractivity contribution in [2.75, 3.05) is 11.9 Å². The molecule has 0 bridgehead atoms. The molecule has 5 rings (SSSR count). The zero-order valence-corrected chi connectivity index (χ0v) is 17.5. The highest BCUT2D eigenvalue weighted by molar-refractivity contribution is 5.80. The average molecular weight is 408 g/mol. The van der Waals surface area contributed by atoms with Crippen molar-refractivity contribution >= 4 is 5.95 Å². The van der Waals surface area contributed by atoms with Crippen LogP contribution in [0.1, 0.15) is 16.7 Å². The van der Waals surface area contributed by atoms with Gasteiger partial charge in [0.25, 0.3) is 0 Å². The summed E-state index contributed by atoms with van der Waals surface area (Å²) in [6, 6.07) is 21.4. The van der Waals surface area contributed by atoms with E-state index in [0.717, 1.165) is 41.9 Å². The summed E-state index contributed by atoms with van der Waals surface area (Å²) in [5.41, 5.74) is 8.09. The van der Waals surface area contributed by atoms with Gasteiger partial charge in [-0.15, -0.1) is 0 Å². The Morgan fingerprint density at radius 2 is 1.81 bits per heavy atom. The first-order valence-corrected chi connectivity index (χ1v) is 10.6. The largest absolute Gasteiger partial charge is 0.353 e. The van der Waals surface area contributed by atoms with E-state index in [4.69, 9.17) is 4.98 Å². The minimum absolute atomic E-state index is 0.347. The van der Waals surface area contributed by atoms with Crippen LogP contribution in [0, 0.1) is 6.92 Å². The van der Waals surface area contributed by atoms with Crippen LogP contribution in [0.4, 0.5) is 5.95 Å². The van der Waals surface area contributed by atoms with Crippen molar-refractivity contribution in [2.24, 2.45) is 0 Å². The Balaban J connectivity index is 1.40. The lowest BCUT2D eigenvalue weighted by atomic mass is 9.96. The molecule has 0 amide bonds. The molecule has 5 heteroatoms. The Labute approximate surface area is 182 Å². The Kier molecular flexibility index (Phi) is 5.42. The molecule has 0 aliphatic carbocycles.